The third kappa shape index (κ3) is 3.22. The predicted octanol–water partition coefficient (Wildman–Crippen LogP) is 0.470. The fourth-order valence-electron chi connectivity index (χ4n) is 2.92. The van der Waals surface area contributed by atoms with Gasteiger partial charge in [-0.05, 0) is 12.1 Å². The number of hydrogen-bond donors (Lipinski definition) is 1. The van der Waals surface area contributed by atoms with Gasteiger partial charge in [0.25, 0.3) is 5.91 Å². The molecule has 0 radical (unpaired) electrons. The van der Waals surface area contributed by atoms with E-state index in [1.807, 2.05) is 45.0 Å². The summed E-state index contributed by atoms with van der Waals surface area (Å²) in [5.74, 6) is 0.0508. The van der Waals surface area contributed by atoms with E-state index in [-0.39, 0.29) is 11.9 Å². The molecule has 6 heteroatoms. The lowest BCUT2D eigenvalue weighted by Crippen LogP contribution is -2.56. The van der Waals surface area contributed by atoms with Gasteiger partial charge in [-0.3, -0.25) is 4.79 Å². The SMILES string of the molecule is O=C(c1ccccc1)N1CCN(C(=O)N2CCNCC2)CC1. The average Bonchev–Trinajstić information content (AvgIpc) is 2.62. The van der Waals surface area contributed by atoms with Crippen molar-refractivity contribution in [3.63, 3.8) is 0 Å². The van der Waals surface area contributed by atoms with E-state index in [4.69, 9.17) is 0 Å². The highest BCUT2D eigenvalue weighted by atomic mass is 16.2. The lowest BCUT2D eigenvalue weighted by molar-refractivity contribution is 0.0635. The Bertz CT molecular complexity index is 520. The van der Waals surface area contributed by atoms with Crippen molar-refractivity contribution in [2.45, 2.75) is 0 Å². The number of urea groups is 1. The molecule has 3 rings (SSSR count). The quantitative estimate of drug-likeness (QED) is 0.820. The van der Waals surface area contributed by atoms with Gasteiger partial charge in [-0.25, -0.2) is 4.79 Å². The number of rotatable bonds is 1. The average molecular weight is 302 g/mol. The molecule has 2 heterocycles. The van der Waals surface area contributed by atoms with E-state index in [9.17, 15) is 9.59 Å². The second kappa shape index (κ2) is 6.79. The Morgan fingerprint density at radius 1 is 0.773 bits per heavy atom. The molecule has 22 heavy (non-hydrogen) atoms. The molecule has 1 aromatic carbocycles. The molecular formula is C16H22N4O2. The minimum Gasteiger partial charge on any atom is -0.335 e. The Balaban J connectivity index is 1.54. The van der Waals surface area contributed by atoms with Gasteiger partial charge in [0, 0.05) is 57.9 Å². The summed E-state index contributed by atoms with van der Waals surface area (Å²) in [4.78, 5) is 30.4. The summed E-state index contributed by atoms with van der Waals surface area (Å²) in [6.45, 7) is 5.68. The molecule has 1 N–H and O–H groups in total. The summed E-state index contributed by atoms with van der Waals surface area (Å²) in [7, 11) is 0. The molecule has 0 saturated carbocycles. The second-order valence-electron chi connectivity index (χ2n) is 5.66. The molecule has 118 valence electrons. The van der Waals surface area contributed by atoms with Crippen LogP contribution in [0.3, 0.4) is 0 Å². The highest BCUT2D eigenvalue weighted by molar-refractivity contribution is 5.94. The first-order valence-electron chi connectivity index (χ1n) is 7.84. The van der Waals surface area contributed by atoms with Crippen LogP contribution in [0.5, 0.6) is 0 Å². The molecule has 0 atom stereocenters. The van der Waals surface area contributed by atoms with Gasteiger partial charge in [-0.1, -0.05) is 18.2 Å². The number of carbonyl (C=O) groups excluding carboxylic acids is 2. The molecule has 3 amide bonds. The maximum absolute atomic E-state index is 12.4. The van der Waals surface area contributed by atoms with Gasteiger partial charge < -0.3 is 20.0 Å². The van der Waals surface area contributed by atoms with Crippen LogP contribution in [0.2, 0.25) is 0 Å². The van der Waals surface area contributed by atoms with Crippen LogP contribution in [0, 0.1) is 0 Å². The molecular weight excluding hydrogens is 280 g/mol. The molecule has 6 nitrogen and oxygen atoms in total. The summed E-state index contributed by atoms with van der Waals surface area (Å²) in [5, 5.41) is 3.25. The maximum atomic E-state index is 12.4. The fourth-order valence-corrected chi connectivity index (χ4v) is 2.92. The van der Waals surface area contributed by atoms with Crippen molar-refractivity contribution in [3.8, 4) is 0 Å². The molecule has 2 aliphatic rings. The van der Waals surface area contributed by atoms with Crippen LogP contribution in [0.4, 0.5) is 4.79 Å². The molecule has 0 unspecified atom stereocenters. The minimum absolute atomic E-state index is 0.0508. The third-order valence-corrected chi connectivity index (χ3v) is 4.25. The first kappa shape index (κ1) is 14.8. The van der Waals surface area contributed by atoms with E-state index in [0.29, 0.717) is 31.7 Å². The topological polar surface area (TPSA) is 55.9 Å². The van der Waals surface area contributed by atoms with E-state index in [1.165, 1.54) is 0 Å². The van der Waals surface area contributed by atoms with E-state index < -0.39 is 0 Å². The van der Waals surface area contributed by atoms with Crippen molar-refractivity contribution >= 4 is 11.9 Å². The summed E-state index contributed by atoms with van der Waals surface area (Å²) < 4.78 is 0. The van der Waals surface area contributed by atoms with Gasteiger partial charge in [0.2, 0.25) is 0 Å². The van der Waals surface area contributed by atoms with E-state index >= 15 is 0 Å². The third-order valence-electron chi connectivity index (χ3n) is 4.25. The zero-order valence-electron chi connectivity index (χ0n) is 12.7. The number of amides is 3. The highest BCUT2D eigenvalue weighted by Gasteiger charge is 2.28. The van der Waals surface area contributed by atoms with Crippen LogP contribution in [-0.2, 0) is 0 Å². The molecule has 2 aliphatic heterocycles. The summed E-state index contributed by atoms with van der Waals surface area (Å²) in [5.41, 5.74) is 0.712. The highest BCUT2D eigenvalue weighted by Crippen LogP contribution is 2.10. The molecule has 2 fully saturated rings. The van der Waals surface area contributed by atoms with Crippen molar-refractivity contribution in [2.75, 3.05) is 52.4 Å². The maximum Gasteiger partial charge on any atom is 0.320 e. The number of nitrogens with one attached hydrogen (secondary N) is 1. The lowest BCUT2D eigenvalue weighted by atomic mass is 10.2. The molecule has 1 aromatic rings. The smallest absolute Gasteiger partial charge is 0.320 e. The van der Waals surface area contributed by atoms with Gasteiger partial charge in [0.15, 0.2) is 0 Å². The van der Waals surface area contributed by atoms with Gasteiger partial charge in [0.05, 0.1) is 0 Å². The van der Waals surface area contributed by atoms with E-state index in [0.717, 1.165) is 26.2 Å². The van der Waals surface area contributed by atoms with Crippen molar-refractivity contribution in [2.24, 2.45) is 0 Å². The number of carbonyl (C=O) groups is 2. The number of piperazine rings is 2. The van der Waals surface area contributed by atoms with Crippen LogP contribution < -0.4 is 5.32 Å². The zero-order chi connectivity index (χ0) is 15.4. The number of nitrogens with zero attached hydrogens (tertiary/aromatic N) is 3. The van der Waals surface area contributed by atoms with Crippen LogP contribution in [0.15, 0.2) is 30.3 Å². The summed E-state index contributed by atoms with van der Waals surface area (Å²) in [6, 6.07) is 9.42. The Morgan fingerprint density at radius 3 is 1.95 bits per heavy atom. The first-order chi connectivity index (χ1) is 10.8. The van der Waals surface area contributed by atoms with Crippen LogP contribution >= 0.6 is 0 Å². The van der Waals surface area contributed by atoms with Crippen molar-refractivity contribution in [3.05, 3.63) is 35.9 Å². The van der Waals surface area contributed by atoms with Gasteiger partial charge >= 0.3 is 6.03 Å². The molecule has 0 spiro atoms. The lowest BCUT2D eigenvalue weighted by Gasteiger charge is -2.38. The number of benzene rings is 1. The molecule has 0 aliphatic carbocycles. The van der Waals surface area contributed by atoms with Gasteiger partial charge in [-0.2, -0.15) is 0 Å². The van der Waals surface area contributed by atoms with Crippen molar-refractivity contribution in [1.82, 2.24) is 20.0 Å². The van der Waals surface area contributed by atoms with E-state index in [1.54, 1.807) is 0 Å². The normalized spacial score (nSPS) is 19.2. The minimum atomic E-state index is 0.0508. The van der Waals surface area contributed by atoms with Crippen molar-refractivity contribution < 1.29 is 9.59 Å². The fraction of sp³-hybridized carbons (Fsp3) is 0.500. The van der Waals surface area contributed by atoms with Crippen LogP contribution in [0.1, 0.15) is 10.4 Å². The summed E-state index contributed by atoms with van der Waals surface area (Å²) >= 11 is 0. The Morgan fingerprint density at radius 2 is 1.32 bits per heavy atom. The zero-order valence-corrected chi connectivity index (χ0v) is 12.7. The molecule has 2 saturated heterocycles. The molecule has 0 aromatic heterocycles. The van der Waals surface area contributed by atoms with Crippen LogP contribution in [-0.4, -0.2) is 79.0 Å². The Kier molecular flexibility index (Phi) is 4.58. The Labute approximate surface area is 130 Å². The monoisotopic (exact) mass is 302 g/mol. The summed E-state index contributed by atoms with van der Waals surface area (Å²) in [6.07, 6.45) is 0. The largest absolute Gasteiger partial charge is 0.335 e. The van der Waals surface area contributed by atoms with Gasteiger partial charge in [-0.15, -0.1) is 0 Å². The predicted molar refractivity (Wildman–Crippen MR) is 83.8 cm³/mol. The first-order valence-corrected chi connectivity index (χ1v) is 7.84. The number of hydrogen-bond acceptors (Lipinski definition) is 3. The Hall–Kier alpha value is -2.08. The van der Waals surface area contributed by atoms with Crippen LogP contribution in [0.25, 0.3) is 0 Å². The van der Waals surface area contributed by atoms with Gasteiger partial charge in [0.1, 0.15) is 0 Å². The second-order valence-corrected chi connectivity index (χ2v) is 5.66. The molecule has 0 bridgehead atoms. The standard InChI is InChI=1S/C16H22N4O2/c21-15(14-4-2-1-3-5-14)18-10-12-20(13-11-18)16(22)19-8-6-17-7-9-19/h1-5,17H,6-13H2. The van der Waals surface area contributed by atoms with E-state index in [2.05, 4.69) is 5.32 Å². The van der Waals surface area contributed by atoms with Crippen molar-refractivity contribution in [1.29, 1.82) is 0 Å².